The van der Waals surface area contributed by atoms with E-state index in [9.17, 15) is 9.59 Å². The first kappa shape index (κ1) is 10.6. The van der Waals surface area contributed by atoms with E-state index in [-0.39, 0.29) is 36.3 Å². The molecule has 3 atom stereocenters. The number of rotatable bonds is 3. The van der Waals surface area contributed by atoms with Gasteiger partial charge in [0.25, 0.3) is 0 Å². The molecule has 2 unspecified atom stereocenters. The summed E-state index contributed by atoms with van der Waals surface area (Å²) in [6.45, 7) is 1.77. The van der Waals surface area contributed by atoms with E-state index < -0.39 is 0 Å². The molecule has 2 rings (SSSR count). The van der Waals surface area contributed by atoms with Gasteiger partial charge >= 0.3 is 0 Å². The fourth-order valence-corrected chi connectivity index (χ4v) is 2.77. The Bertz CT molecular complexity index is 264. The van der Waals surface area contributed by atoms with E-state index in [1.165, 1.54) is 4.90 Å². The van der Waals surface area contributed by atoms with Crippen LogP contribution in [0.1, 0.15) is 32.6 Å². The Labute approximate surface area is 89.3 Å². The first-order chi connectivity index (χ1) is 7.20. The lowest BCUT2D eigenvalue weighted by molar-refractivity contribution is -0.144. The van der Waals surface area contributed by atoms with Crippen LogP contribution in [0.25, 0.3) is 0 Å². The second kappa shape index (κ2) is 3.93. The fourth-order valence-electron chi connectivity index (χ4n) is 2.77. The summed E-state index contributed by atoms with van der Waals surface area (Å²) in [5, 5.41) is 9.14. The van der Waals surface area contributed by atoms with Crippen molar-refractivity contribution in [3.63, 3.8) is 0 Å². The van der Waals surface area contributed by atoms with E-state index in [0.717, 1.165) is 19.3 Å². The summed E-state index contributed by atoms with van der Waals surface area (Å²) in [5.41, 5.74) is 0. The Morgan fingerprint density at radius 2 is 1.87 bits per heavy atom. The van der Waals surface area contributed by atoms with Crippen molar-refractivity contribution in [2.24, 2.45) is 11.8 Å². The van der Waals surface area contributed by atoms with Gasteiger partial charge in [-0.3, -0.25) is 14.5 Å². The second-order valence-electron chi connectivity index (χ2n) is 4.44. The van der Waals surface area contributed by atoms with Crippen molar-refractivity contribution < 1.29 is 14.7 Å². The topological polar surface area (TPSA) is 57.6 Å². The molecule has 0 bridgehead atoms. The number of fused-ring (bicyclic) bond motifs is 1. The summed E-state index contributed by atoms with van der Waals surface area (Å²) in [5.74, 6) is -0.275. The van der Waals surface area contributed by atoms with E-state index in [2.05, 4.69) is 0 Å². The van der Waals surface area contributed by atoms with Gasteiger partial charge in [0.15, 0.2) is 0 Å². The summed E-state index contributed by atoms with van der Waals surface area (Å²) in [6.07, 6.45) is 3.30. The Kier molecular flexibility index (Phi) is 2.78. The molecular weight excluding hydrogens is 194 g/mol. The lowest BCUT2D eigenvalue weighted by Crippen LogP contribution is -2.42. The molecule has 0 radical (unpaired) electrons. The van der Waals surface area contributed by atoms with Crippen LogP contribution in [0.2, 0.25) is 0 Å². The number of likely N-dealkylation sites (tertiary alicyclic amines) is 1. The van der Waals surface area contributed by atoms with Gasteiger partial charge in [0.2, 0.25) is 11.8 Å². The maximum absolute atomic E-state index is 12.0. The van der Waals surface area contributed by atoms with Gasteiger partial charge in [0, 0.05) is 0 Å². The fraction of sp³-hybridized carbons (Fsp3) is 0.818. The average molecular weight is 211 g/mol. The number of imide groups is 1. The van der Waals surface area contributed by atoms with Crippen LogP contribution in [0, 0.1) is 11.8 Å². The molecule has 4 heteroatoms. The van der Waals surface area contributed by atoms with Gasteiger partial charge in [-0.15, -0.1) is 0 Å². The van der Waals surface area contributed by atoms with Crippen molar-refractivity contribution in [2.45, 2.75) is 38.6 Å². The summed E-state index contributed by atoms with van der Waals surface area (Å²) < 4.78 is 0. The predicted octanol–water partition coefficient (Wildman–Crippen LogP) is 0.542. The molecule has 0 aromatic heterocycles. The average Bonchev–Trinajstić information content (AvgIpc) is 2.79. The zero-order chi connectivity index (χ0) is 11.0. The molecule has 0 aromatic carbocycles. The van der Waals surface area contributed by atoms with E-state index in [1.54, 1.807) is 0 Å². The molecule has 1 saturated heterocycles. The Morgan fingerprint density at radius 3 is 2.27 bits per heavy atom. The van der Waals surface area contributed by atoms with Crippen molar-refractivity contribution in [1.82, 2.24) is 4.90 Å². The van der Waals surface area contributed by atoms with Crippen LogP contribution in [-0.2, 0) is 9.59 Å². The van der Waals surface area contributed by atoms with Crippen LogP contribution in [0.3, 0.4) is 0 Å². The van der Waals surface area contributed by atoms with Gasteiger partial charge in [0.05, 0.1) is 24.5 Å². The molecule has 2 fully saturated rings. The van der Waals surface area contributed by atoms with Gasteiger partial charge in [-0.05, 0) is 19.3 Å². The van der Waals surface area contributed by atoms with E-state index in [0.29, 0.717) is 6.42 Å². The Morgan fingerprint density at radius 1 is 1.33 bits per heavy atom. The van der Waals surface area contributed by atoms with Crippen LogP contribution < -0.4 is 0 Å². The van der Waals surface area contributed by atoms with Crippen LogP contribution in [-0.4, -0.2) is 34.5 Å². The monoisotopic (exact) mass is 211 g/mol. The number of aliphatic hydroxyl groups excluding tert-OH is 1. The largest absolute Gasteiger partial charge is 0.394 e. The maximum Gasteiger partial charge on any atom is 0.233 e. The van der Waals surface area contributed by atoms with Crippen LogP contribution in [0.4, 0.5) is 0 Å². The van der Waals surface area contributed by atoms with Crippen molar-refractivity contribution in [3.8, 4) is 0 Å². The van der Waals surface area contributed by atoms with Crippen molar-refractivity contribution >= 4 is 11.8 Å². The molecule has 4 nitrogen and oxygen atoms in total. The SMILES string of the molecule is CC[C@H](CO)N1C(=O)C2CCCC2C1=O. The lowest BCUT2D eigenvalue weighted by atomic mass is 10.00. The molecule has 0 spiro atoms. The smallest absolute Gasteiger partial charge is 0.233 e. The Balaban J connectivity index is 2.20. The number of amides is 2. The summed E-state index contributed by atoms with van der Waals surface area (Å²) in [4.78, 5) is 25.2. The number of carbonyl (C=O) groups is 2. The standard InChI is InChI=1S/C11H17NO3/c1-2-7(6-13)12-10(14)8-4-3-5-9(8)11(12)15/h7-9,13H,2-6H2,1H3/t7-,8?,9?/m1/s1. The molecule has 84 valence electrons. The van der Waals surface area contributed by atoms with E-state index in [1.807, 2.05) is 6.92 Å². The molecule has 2 amide bonds. The number of carbonyl (C=O) groups excluding carboxylic acids is 2. The van der Waals surface area contributed by atoms with Crippen LogP contribution >= 0.6 is 0 Å². The predicted molar refractivity (Wildman–Crippen MR) is 53.8 cm³/mol. The molecule has 1 saturated carbocycles. The molecule has 1 aliphatic heterocycles. The first-order valence-electron chi connectivity index (χ1n) is 5.68. The molecule has 1 N–H and O–H groups in total. The van der Waals surface area contributed by atoms with Gasteiger partial charge in [0.1, 0.15) is 0 Å². The number of aliphatic hydroxyl groups is 1. The molecule has 1 aliphatic carbocycles. The third-order valence-corrected chi connectivity index (χ3v) is 3.67. The number of hydrogen-bond donors (Lipinski definition) is 1. The highest BCUT2D eigenvalue weighted by atomic mass is 16.3. The zero-order valence-corrected chi connectivity index (χ0v) is 8.98. The molecule has 2 aliphatic rings. The van der Waals surface area contributed by atoms with Gasteiger partial charge in [-0.25, -0.2) is 0 Å². The highest BCUT2D eigenvalue weighted by Gasteiger charge is 2.51. The minimum Gasteiger partial charge on any atom is -0.394 e. The highest BCUT2D eigenvalue weighted by Crippen LogP contribution is 2.40. The Hall–Kier alpha value is -0.900. The van der Waals surface area contributed by atoms with E-state index in [4.69, 9.17) is 5.11 Å². The number of hydrogen-bond acceptors (Lipinski definition) is 3. The third kappa shape index (κ3) is 1.47. The lowest BCUT2D eigenvalue weighted by Gasteiger charge is -2.24. The maximum atomic E-state index is 12.0. The number of nitrogens with zero attached hydrogens (tertiary/aromatic N) is 1. The van der Waals surface area contributed by atoms with Crippen LogP contribution in [0.5, 0.6) is 0 Å². The first-order valence-corrected chi connectivity index (χ1v) is 5.68. The second-order valence-corrected chi connectivity index (χ2v) is 4.44. The summed E-state index contributed by atoms with van der Waals surface area (Å²) in [7, 11) is 0. The normalized spacial score (nSPS) is 32.3. The van der Waals surface area contributed by atoms with Crippen molar-refractivity contribution in [3.05, 3.63) is 0 Å². The van der Waals surface area contributed by atoms with Gasteiger partial charge < -0.3 is 5.11 Å². The van der Waals surface area contributed by atoms with Crippen molar-refractivity contribution in [1.29, 1.82) is 0 Å². The highest BCUT2D eigenvalue weighted by molar-refractivity contribution is 6.05. The summed E-state index contributed by atoms with van der Waals surface area (Å²) >= 11 is 0. The molecular formula is C11H17NO3. The zero-order valence-electron chi connectivity index (χ0n) is 8.98. The quantitative estimate of drug-likeness (QED) is 0.693. The van der Waals surface area contributed by atoms with Crippen molar-refractivity contribution in [2.75, 3.05) is 6.61 Å². The molecule has 0 aromatic rings. The third-order valence-electron chi connectivity index (χ3n) is 3.67. The minimum absolute atomic E-state index is 0.0524. The van der Waals surface area contributed by atoms with Crippen LogP contribution in [0.15, 0.2) is 0 Å². The van der Waals surface area contributed by atoms with E-state index >= 15 is 0 Å². The minimum atomic E-state index is -0.310. The van der Waals surface area contributed by atoms with Gasteiger partial charge in [-0.1, -0.05) is 13.3 Å². The molecule has 1 heterocycles. The summed E-state index contributed by atoms with van der Waals surface area (Å²) in [6, 6.07) is -0.310. The van der Waals surface area contributed by atoms with Gasteiger partial charge in [-0.2, -0.15) is 0 Å². The molecule has 15 heavy (non-hydrogen) atoms.